The molecule has 2 rings (SSSR count). The molecule has 0 amide bonds. The lowest BCUT2D eigenvalue weighted by atomic mass is 10.1. The van der Waals surface area contributed by atoms with Crippen molar-refractivity contribution in [2.75, 3.05) is 0 Å². The number of aldehydes is 1. The van der Waals surface area contributed by atoms with E-state index >= 15 is 0 Å². The molecule has 2 aromatic carbocycles. The number of rotatable bonds is 4. The summed E-state index contributed by atoms with van der Waals surface area (Å²) in [4.78, 5) is 10.5. The minimum Gasteiger partial charge on any atom is -0.453 e. The van der Waals surface area contributed by atoms with Crippen molar-refractivity contribution in [1.29, 1.82) is 5.26 Å². The molecule has 0 radical (unpaired) electrons. The van der Waals surface area contributed by atoms with Gasteiger partial charge < -0.3 is 9.53 Å². The lowest BCUT2D eigenvalue weighted by molar-refractivity contribution is -0.107. The summed E-state index contributed by atoms with van der Waals surface area (Å²) in [6.07, 6.45) is 0.567. The van der Waals surface area contributed by atoms with Gasteiger partial charge in [-0.3, -0.25) is 0 Å². The van der Waals surface area contributed by atoms with Gasteiger partial charge in [0, 0.05) is 11.4 Å². The molecule has 0 aliphatic heterocycles. The smallest absolute Gasteiger partial charge is 0.177 e. The average Bonchev–Trinajstić information content (AvgIpc) is 2.46. The Balaban J connectivity index is 2.44. The summed E-state index contributed by atoms with van der Waals surface area (Å²) in [5, 5.41) is 9.20. The molecule has 0 aliphatic carbocycles. The molecule has 0 aromatic heterocycles. The fraction of sp³-hybridized carbons (Fsp3) is 0.0667. The van der Waals surface area contributed by atoms with Crippen molar-refractivity contribution >= 4 is 33.8 Å². The van der Waals surface area contributed by atoms with Gasteiger partial charge in [-0.05, 0) is 45.8 Å². The van der Waals surface area contributed by atoms with E-state index in [2.05, 4.69) is 15.9 Å². The van der Waals surface area contributed by atoms with Gasteiger partial charge in [-0.2, -0.15) is 5.26 Å². The van der Waals surface area contributed by atoms with Crippen molar-refractivity contribution in [1.82, 2.24) is 0 Å². The monoisotopic (exact) mass is 367 g/mol. The maximum atomic E-state index is 14.3. The van der Waals surface area contributed by atoms with Crippen LogP contribution in [0.3, 0.4) is 0 Å². The molecule has 3 nitrogen and oxygen atoms in total. The van der Waals surface area contributed by atoms with E-state index in [4.69, 9.17) is 21.6 Å². The van der Waals surface area contributed by atoms with Crippen LogP contribution in [0.4, 0.5) is 4.39 Å². The Morgan fingerprint density at radius 1 is 1.38 bits per heavy atom. The zero-order chi connectivity index (χ0) is 15.4. The lowest BCUT2D eigenvalue weighted by Gasteiger charge is -2.11. The first-order chi connectivity index (χ1) is 10.0. The molecular formula is C15H8BrClFNO2. The van der Waals surface area contributed by atoms with Crippen LogP contribution in [0, 0.1) is 17.1 Å². The van der Waals surface area contributed by atoms with Crippen LogP contribution in [0.15, 0.2) is 34.8 Å². The minimum atomic E-state index is -0.630. The SMILES string of the molecule is N#Cc1cc(Cl)cc(Oc2c(Br)ccc(CC=O)c2F)c1. The summed E-state index contributed by atoms with van der Waals surface area (Å²) >= 11 is 9.07. The zero-order valence-electron chi connectivity index (χ0n) is 10.6. The van der Waals surface area contributed by atoms with E-state index < -0.39 is 5.82 Å². The molecule has 6 heteroatoms. The van der Waals surface area contributed by atoms with Crippen LogP contribution in [0.2, 0.25) is 5.02 Å². The molecule has 0 saturated heterocycles. The van der Waals surface area contributed by atoms with Gasteiger partial charge in [-0.25, -0.2) is 4.39 Å². The first-order valence-corrected chi connectivity index (χ1v) is 7.01. The molecule has 0 unspecified atom stereocenters. The molecule has 0 atom stereocenters. The molecule has 0 heterocycles. The standard InChI is InChI=1S/C15H8BrClFNO2/c16-13-2-1-10(3-4-20)14(18)15(13)21-12-6-9(8-19)5-11(17)7-12/h1-2,4-7H,3H2. The summed E-state index contributed by atoms with van der Waals surface area (Å²) in [7, 11) is 0. The summed E-state index contributed by atoms with van der Waals surface area (Å²) in [6.45, 7) is 0. The van der Waals surface area contributed by atoms with E-state index in [1.165, 1.54) is 24.3 Å². The van der Waals surface area contributed by atoms with Crippen LogP contribution in [0.1, 0.15) is 11.1 Å². The Morgan fingerprint density at radius 2 is 2.14 bits per heavy atom. The fourth-order valence-corrected chi connectivity index (χ4v) is 2.33. The lowest BCUT2D eigenvalue weighted by Crippen LogP contribution is -1.97. The number of halogens is 3. The Kier molecular flexibility index (Phi) is 4.94. The van der Waals surface area contributed by atoms with Crippen LogP contribution in [-0.2, 0) is 11.2 Å². The maximum Gasteiger partial charge on any atom is 0.177 e. The summed E-state index contributed by atoms with van der Waals surface area (Å²) < 4.78 is 20.2. The van der Waals surface area contributed by atoms with Crippen molar-refractivity contribution in [3.05, 3.63) is 56.8 Å². The molecule has 106 valence electrons. The summed E-state index contributed by atoms with van der Waals surface area (Å²) in [5.74, 6) is -0.447. The fourth-order valence-electron chi connectivity index (χ4n) is 1.72. The second kappa shape index (κ2) is 6.70. The highest BCUT2D eigenvalue weighted by molar-refractivity contribution is 9.10. The van der Waals surface area contributed by atoms with E-state index in [0.29, 0.717) is 21.3 Å². The predicted molar refractivity (Wildman–Crippen MR) is 80.1 cm³/mol. The number of carbonyl (C=O) groups excluding carboxylic acids is 1. The summed E-state index contributed by atoms with van der Waals surface area (Å²) in [5.41, 5.74) is 0.531. The van der Waals surface area contributed by atoms with Gasteiger partial charge in [-0.15, -0.1) is 0 Å². The van der Waals surface area contributed by atoms with E-state index in [1.54, 1.807) is 6.07 Å². The predicted octanol–water partition coefficient (Wildman–Crippen LogP) is 4.65. The minimum absolute atomic E-state index is 0.0472. The highest BCUT2D eigenvalue weighted by atomic mass is 79.9. The number of hydrogen-bond donors (Lipinski definition) is 0. The van der Waals surface area contributed by atoms with Gasteiger partial charge in [-0.1, -0.05) is 17.7 Å². The van der Waals surface area contributed by atoms with Crippen molar-refractivity contribution in [3.63, 3.8) is 0 Å². The second-order valence-electron chi connectivity index (χ2n) is 4.11. The molecule has 0 spiro atoms. The molecule has 21 heavy (non-hydrogen) atoms. The zero-order valence-corrected chi connectivity index (χ0v) is 12.9. The number of carbonyl (C=O) groups is 1. The Bertz CT molecular complexity index is 743. The highest BCUT2D eigenvalue weighted by Gasteiger charge is 2.15. The third-order valence-corrected chi connectivity index (χ3v) is 3.50. The normalized spacial score (nSPS) is 10.0. The Morgan fingerprint density at radius 3 is 2.81 bits per heavy atom. The number of nitriles is 1. The Labute approximate surface area is 134 Å². The number of benzene rings is 2. The van der Waals surface area contributed by atoms with Gasteiger partial charge >= 0.3 is 0 Å². The molecule has 0 saturated carbocycles. The molecule has 2 aromatic rings. The largest absolute Gasteiger partial charge is 0.453 e. The van der Waals surface area contributed by atoms with E-state index in [0.717, 1.165) is 0 Å². The molecular weight excluding hydrogens is 361 g/mol. The van der Waals surface area contributed by atoms with E-state index in [-0.39, 0.29) is 23.5 Å². The molecule has 0 aliphatic rings. The van der Waals surface area contributed by atoms with Gasteiger partial charge in [0.15, 0.2) is 11.6 Å². The average molecular weight is 369 g/mol. The van der Waals surface area contributed by atoms with Gasteiger partial charge in [0.1, 0.15) is 12.0 Å². The van der Waals surface area contributed by atoms with Crippen LogP contribution in [0.25, 0.3) is 0 Å². The number of ether oxygens (including phenoxy) is 1. The van der Waals surface area contributed by atoms with Crippen LogP contribution >= 0.6 is 27.5 Å². The van der Waals surface area contributed by atoms with Crippen molar-refractivity contribution in [2.24, 2.45) is 0 Å². The summed E-state index contributed by atoms with van der Waals surface area (Å²) in [6, 6.07) is 9.42. The Hall–Kier alpha value is -1.90. The third-order valence-electron chi connectivity index (χ3n) is 2.65. The number of nitrogens with zero attached hydrogens (tertiary/aromatic N) is 1. The topological polar surface area (TPSA) is 50.1 Å². The van der Waals surface area contributed by atoms with E-state index in [9.17, 15) is 9.18 Å². The molecule has 0 bridgehead atoms. The van der Waals surface area contributed by atoms with Crippen molar-refractivity contribution in [2.45, 2.75) is 6.42 Å². The second-order valence-corrected chi connectivity index (χ2v) is 5.40. The van der Waals surface area contributed by atoms with Crippen molar-refractivity contribution in [3.8, 4) is 17.6 Å². The van der Waals surface area contributed by atoms with Gasteiger partial charge in [0.25, 0.3) is 0 Å². The molecule has 0 N–H and O–H groups in total. The first kappa shape index (κ1) is 15.5. The molecule has 0 fully saturated rings. The van der Waals surface area contributed by atoms with Gasteiger partial charge in [0.05, 0.1) is 16.1 Å². The maximum absolute atomic E-state index is 14.3. The first-order valence-electron chi connectivity index (χ1n) is 5.84. The van der Waals surface area contributed by atoms with Crippen LogP contribution < -0.4 is 4.74 Å². The quantitative estimate of drug-likeness (QED) is 0.738. The van der Waals surface area contributed by atoms with Crippen LogP contribution in [0.5, 0.6) is 11.5 Å². The highest BCUT2D eigenvalue weighted by Crippen LogP contribution is 2.35. The van der Waals surface area contributed by atoms with E-state index in [1.807, 2.05) is 6.07 Å². The third kappa shape index (κ3) is 3.60. The number of hydrogen-bond acceptors (Lipinski definition) is 3. The van der Waals surface area contributed by atoms with Crippen molar-refractivity contribution < 1.29 is 13.9 Å². The van der Waals surface area contributed by atoms with Gasteiger partial charge in [0.2, 0.25) is 0 Å². The van der Waals surface area contributed by atoms with Crippen LogP contribution in [-0.4, -0.2) is 6.29 Å².